The lowest BCUT2D eigenvalue weighted by atomic mass is 10.1. The maximum absolute atomic E-state index is 11.5. The fourth-order valence-corrected chi connectivity index (χ4v) is 1.20. The van der Waals surface area contributed by atoms with Crippen LogP contribution in [0, 0.1) is 0 Å². The standard InChI is InChI=1S/C12H12NO4/c1-17-12(16)10-5-3-9(4-6-10)11(15)13-7-2-8-14/h3-6H,2,7H2,1H3,(H,13,15). The van der Waals surface area contributed by atoms with E-state index >= 15 is 0 Å². The van der Waals surface area contributed by atoms with Crippen LogP contribution < -0.4 is 5.32 Å². The molecule has 0 aliphatic carbocycles. The summed E-state index contributed by atoms with van der Waals surface area (Å²) >= 11 is 0. The van der Waals surface area contributed by atoms with Crippen molar-refractivity contribution in [2.24, 2.45) is 0 Å². The highest BCUT2D eigenvalue weighted by Gasteiger charge is 2.08. The molecule has 0 saturated carbocycles. The van der Waals surface area contributed by atoms with Crippen LogP contribution in [-0.4, -0.2) is 31.8 Å². The maximum atomic E-state index is 11.5. The smallest absolute Gasteiger partial charge is 0.337 e. The van der Waals surface area contributed by atoms with Crippen molar-refractivity contribution in [1.82, 2.24) is 5.32 Å². The summed E-state index contributed by atoms with van der Waals surface area (Å²) in [5.41, 5.74) is 0.800. The number of esters is 1. The predicted molar refractivity (Wildman–Crippen MR) is 60.4 cm³/mol. The number of carbonyl (C=O) groups excluding carboxylic acids is 3. The molecule has 0 atom stereocenters. The van der Waals surface area contributed by atoms with Crippen molar-refractivity contribution in [2.75, 3.05) is 13.7 Å². The lowest BCUT2D eigenvalue weighted by molar-refractivity contribution is 0.0600. The summed E-state index contributed by atoms with van der Waals surface area (Å²) in [7, 11) is 1.29. The van der Waals surface area contributed by atoms with Gasteiger partial charge in [0.05, 0.1) is 12.7 Å². The van der Waals surface area contributed by atoms with Gasteiger partial charge in [0.15, 0.2) is 6.29 Å². The molecule has 0 fully saturated rings. The molecule has 0 aromatic heterocycles. The van der Waals surface area contributed by atoms with E-state index in [4.69, 9.17) is 0 Å². The molecule has 0 heterocycles. The average molecular weight is 234 g/mol. The predicted octanol–water partition coefficient (Wildman–Crippen LogP) is 0.703. The summed E-state index contributed by atoms with van der Waals surface area (Å²) in [5, 5.41) is 2.54. The Hall–Kier alpha value is -2.17. The molecule has 1 N–H and O–H groups in total. The SMILES string of the molecule is COC(=O)c1ccc(C(=O)NCC[C]=O)cc1. The van der Waals surface area contributed by atoms with E-state index in [1.165, 1.54) is 31.4 Å². The molecule has 0 bridgehead atoms. The van der Waals surface area contributed by atoms with Crippen LogP contribution in [0.15, 0.2) is 24.3 Å². The van der Waals surface area contributed by atoms with Crippen molar-refractivity contribution >= 4 is 18.2 Å². The highest BCUT2D eigenvalue weighted by Crippen LogP contribution is 2.05. The Balaban J connectivity index is 2.63. The first kappa shape index (κ1) is 12.9. The van der Waals surface area contributed by atoms with Gasteiger partial charge in [-0.3, -0.25) is 9.59 Å². The van der Waals surface area contributed by atoms with Gasteiger partial charge in [0.2, 0.25) is 0 Å². The molecule has 17 heavy (non-hydrogen) atoms. The Labute approximate surface area is 98.8 Å². The molecule has 0 aliphatic heterocycles. The third-order valence-electron chi connectivity index (χ3n) is 2.08. The largest absolute Gasteiger partial charge is 0.465 e. The molecular formula is C12H12NO4. The molecule has 1 rings (SSSR count). The number of rotatable bonds is 5. The zero-order valence-corrected chi connectivity index (χ0v) is 9.36. The number of nitrogens with one attached hydrogen (secondary N) is 1. The lowest BCUT2D eigenvalue weighted by Crippen LogP contribution is -2.24. The first-order valence-corrected chi connectivity index (χ1v) is 5.00. The van der Waals surface area contributed by atoms with E-state index in [1.807, 2.05) is 0 Å². The minimum Gasteiger partial charge on any atom is -0.465 e. The number of hydrogen-bond acceptors (Lipinski definition) is 4. The number of ether oxygens (including phenoxy) is 1. The lowest BCUT2D eigenvalue weighted by Gasteiger charge is -2.03. The van der Waals surface area contributed by atoms with E-state index in [9.17, 15) is 14.4 Å². The van der Waals surface area contributed by atoms with Gasteiger partial charge < -0.3 is 10.1 Å². The number of methoxy groups -OCH3 is 1. The fourth-order valence-electron chi connectivity index (χ4n) is 1.20. The van der Waals surface area contributed by atoms with E-state index in [2.05, 4.69) is 10.1 Å². The highest BCUT2D eigenvalue weighted by atomic mass is 16.5. The minimum atomic E-state index is -0.451. The van der Waals surface area contributed by atoms with Gasteiger partial charge in [0, 0.05) is 18.5 Å². The molecular weight excluding hydrogens is 222 g/mol. The summed E-state index contributed by atoms with van der Waals surface area (Å²) in [4.78, 5) is 32.6. The molecule has 1 radical (unpaired) electrons. The maximum Gasteiger partial charge on any atom is 0.337 e. The van der Waals surface area contributed by atoms with Gasteiger partial charge in [-0.1, -0.05) is 0 Å². The van der Waals surface area contributed by atoms with E-state index in [-0.39, 0.29) is 18.9 Å². The van der Waals surface area contributed by atoms with E-state index in [1.54, 1.807) is 6.29 Å². The Bertz CT molecular complexity index is 411. The minimum absolute atomic E-state index is 0.159. The molecule has 1 amide bonds. The summed E-state index contributed by atoms with van der Waals surface area (Å²) in [5.74, 6) is -0.746. The van der Waals surface area contributed by atoms with Crippen LogP contribution in [0.4, 0.5) is 0 Å². The second-order valence-electron chi connectivity index (χ2n) is 3.22. The summed E-state index contributed by atoms with van der Waals surface area (Å²) in [6, 6.07) is 6.05. The summed E-state index contributed by atoms with van der Waals surface area (Å²) < 4.78 is 4.53. The Morgan fingerprint density at radius 2 is 1.82 bits per heavy atom. The second-order valence-corrected chi connectivity index (χ2v) is 3.22. The molecule has 0 aliphatic rings. The van der Waals surface area contributed by atoms with Crippen molar-refractivity contribution in [2.45, 2.75) is 6.42 Å². The van der Waals surface area contributed by atoms with Gasteiger partial charge in [-0.15, -0.1) is 0 Å². The van der Waals surface area contributed by atoms with E-state index in [0.29, 0.717) is 11.1 Å². The van der Waals surface area contributed by atoms with E-state index < -0.39 is 5.97 Å². The first-order chi connectivity index (χ1) is 8.19. The Morgan fingerprint density at radius 1 is 1.24 bits per heavy atom. The van der Waals surface area contributed by atoms with Crippen molar-refractivity contribution in [3.05, 3.63) is 35.4 Å². The number of benzene rings is 1. The van der Waals surface area contributed by atoms with Crippen LogP contribution in [0.1, 0.15) is 27.1 Å². The fraction of sp³-hybridized carbons (Fsp3) is 0.250. The molecule has 5 nitrogen and oxygen atoms in total. The quantitative estimate of drug-likeness (QED) is 0.601. The number of amides is 1. The van der Waals surface area contributed by atoms with Gasteiger partial charge in [0.1, 0.15) is 0 Å². The molecule has 89 valence electrons. The van der Waals surface area contributed by atoms with Crippen LogP contribution in [0.5, 0.6) is 0 Å². The third kappa shape index (κ3) is 3.71. The van der Waals surface area contributed by atoms with Crippen molar-refractivity contribution in [3.8, 4) is 0 Å². The van der Waals surface area contributed by atoms with Gasteiger partial charge in [0.25, 0.3) is 5.91 Å². The van der Waals surface area contributed by atoms with Crippen LogP contribution >= 0.6 is 0 Å². The van der Waals surface area contributed by atoms with Crippen molar-refractivity contribution in [1.29, 1.82) is 0 Å². The average Bonchev–Trinajstić information content (AvgIpc) is 2.38. The van der Waals surface area contributed by atoms with Gasteiger partial charge >= 0.3 is 5.97 Å². The number of hydrogen-bond donors (Lipinski definition) is 1. The van der Waals surface area contributed by atoms with Crippen LogP contribution in [-0.2, 0) is 9.53 Å². The molecule has 5 heteroatoms. The monoisotopic (exact) mass is 234 g/mol. The topological polar surface area (TPSA) is 72.5 Å². The van der Waals surface area contributed by atoms with Gasteiger partial charge in [-0.05, 0) is 24.3 Å². The Kier molecular flexibility index (Phi) is 4.87. The zero-order valence-electron chi connectivity index (χ0n) is 9.36. The van der Waals surface area contributed by atoms with Crippen molar-refractivity contribution in [3.63, 3.8) is 0 Å². The Morgan fingerprint density at radius 3 is 2.35 bits per heavy atom. The highest BCUT2D eigenvalue weighted by molar-refractivity contribution is 5.96. The van der Waals surface area contributed by atoms with Crippen molar-refractivity contribution < 1.29 is 19.1 Å². The van der Waals surface area contributed by atoms with Crippen LogP contribution in [0.3, 0.4) is 0 Å². The summed E-state index contributed by atoms with van der Waals surface area (Å²) in [6.45, 7) is 0.251. The van der Waals surface area contributed by atoms with Crippen LogP contribution in [0.2, 0.25) is 0 Å². The van der Waals surface area contributed by atoms with E-state index in [0.717, 1.165) is 0 Å². The van der Waals surface area contributed by atoms with Crippen LogP contribution in [0.25, 0.3) is 0 Å². The molecule has 1 aromatic carbocycles. The molecule has 1 aromatic rings. The molecule has 0 unspecified atom stereocenters. The first-order valence-electron chi connectivity index (χ1n) is 5.00. The summed E-state index contributed by atoms with van der Waals surface area (Å²) in [6.07, 6.45) is 1.84. The van der Waals surface area contributed by atoms with Gasteiger partial charge in [-0.25, -0.2) is 4.79 Å². The zero-order chi connectivity index (χ0) is 12.7. The molecule has 0 saturated heterocycles. The third-order valence-corrected chi connectivity index (χ3v) is 2.08. The molecule has 0 spiro atoms. The normalized spacial score (nSPS) is 9.47. The number of carbonyl (C=O) groups is 2. The second kappa shape index (κ2) is 6.42. The van der Waals surface area contributed by atoms with Gasteiger partial charge in [-0.2, -0.15) is 0 Å².